The van der Waals surface area contributed by atoms with Gasteiger partial charge in [-0.3, -0.25) is 4.99 Å². The number of aliphatic imine (C=N–C) groups is 1. The van der Waals surface area contributed by atoms with Gasteiger partial charge in [-0.15, -0.1) is 35.3 Å². The number of rotatable bonds is 7. The first-order valence-electron chi connectivity index (χ1n) is 10.4. The molecule has 166 valence electrons. The third-order valence-corrected chi connectivity index (χ3v) is 5.60. The zero-order chi connectivity index (χ0) is 20.7. The molecule has 1 aliphatic heterocycles. The second-order valence-corrected chi connectivity index (χ2v) is 9.08. The minimum Gasteiger partial charge on any atom is -0.488 e. The normalized spacial score (nSPS) is 14.4. The Balaban J connectivity index is 0.00000320. The van der Waals surface area contributed by atoms with Crippen LogP contribution in [0.4, 0.5) is 5.13 Å². The molecule has 2 heterocycles. The number of guanidine groups is 1. The molecular formula is C22H34IN5OS. The lowest BCUT2D eigenvalue weighted by Gasteiger charge is -2.23. The number of hydrogen-bond acceptors (Lipinski definition) is 5. The Kier molecular flexibility index (Phi) is 9.67. The first kappa shape index (κ1) is 24.7. The molecule has 0 aliphatic carbocycles. The summed E-state index contributed by atoms with van der Waals surface area (Å²) in [5.74, 6) is 1.69. The predicted molar refractivity (Wildman–Crippen MR) is 138 cm³/mol. The molecule has 0 saturated carbocycles. The first-order valence-corrected chi connectivity index (χ1v) is 11.2. The van der Waals surface area contributed by atoms with Gasteiger partial charge in [-0.25, -0.2) is 4.98 Å². The number of thiazole rings is 1. The van der Waals surface area contributed by atoms with Crippen LogP contribution in [0.25, 0.3) is 0 Å². The molecule has 2 aromatic rings. The minimum absolute atomic E-state index is 0. The smallest absolute Gasteiger partial charge is 0.191 e. The Morgan fingerprint density at radius 3 is 2.63 bits per heavy atom. The van der Waals surface area contributed by atoms with Crippen LogP contribution in [0.5, 0.6) is 5.75 Å². The maximum Gasteiger partial charge on any atom is 0.191 e. The maximum atomic E-state index is 6.07. The van der Waals surface area contributed by atoms with Crippen LogP contribution in [0.2, 0.25) is 0 Å². The van der Waals surface area contributed by atoms with E-state index in [1.54, 1.807) is 18.4 Å². The van der Waals surface area contributed by atoms with Crippen LogP contribution in [0.3, 0.4) is 0 Å². The molecule has 0 radical (unpaired) electrons. The summed E-state index contributed by atoms with van der Waals surface area (Å²) < 4.78 is 6.07. The highest BCUT2D eigenvalue weighted by Gasteiger charge is 2.16. The van der Waals surface area contributed by atoms with E-state index in [1.807, 2.05) is 18.2 Å². The van der Waals surface area contributed by atoms with E-state index in [9.17, 15) is 0 Å². The van der Waals surface area contributed by atoms with Crippen molar-refractivity contribution in [2.24, 2.45) is 4.99 Å². The average Bonchev–Trinajstić information content (AvgIpc) is 3.36. The predicted octanol–water partition coefficient (Wildman–Crippen LogP) is 4.45. The molecule has 3 rings (SSSR count). The summed E-state index contributed by atoms with van der Waals surface area (Å²) in [4.78, 5) is 11.5. The van der Waals surface area contributed by atoms with Gasteiger partial charge < -0.3 is 20.3 Å². The van der Waals surface area contributed by atoms with Crippen LogP contribution in [-0.4, -0.2) is 43.2 Å². The van der Waals surface area contributed by atoms with Gasteiger partial charge >= 0.3 is 0 Å². The maximum absolute atomic E-state index is 6.07. The molecule has 0 amide bonds. The quantitative estimate of drug-likeness (QED) is 0.307. The van der Waals surface area contributed by atoms with Crippen LogP contribution in [0.15, 0.2) is 34.6 Å². The topological polar surface area (TPSA) is 61.8 Å². The fraction of sp³-hybridized carbons (Fsp3) is 0.545. The summed E-state index contributed by atoms with van der Waals surface area (Å²) in [5, 5.41) is 10.1. The Labute approximate surface area is 201 Å². The highest BCUT2D eigenvalue weighted by molar-refractivity contribution is 14.0. The summed E-state index contributed by atoms with van der Waals surface area (Å²) in [6.45, 7) is 9.91. The Morgan fingerprint density at radius 2 is 1.93 bits per heavy atom. The van der Waals surface area contributed by atoms with Crippen LogP contribution in [-0.2, 0) is 13.0 Å². The Hall–Kier alpha value is -1.55. The van der Waals surface area contributed by atoms with E-state index in [4.69, 9.17) is 9.72 Å². The van der Waals surface area contributed by atoms with Crippen molar-refractivity contribution in [3.63, 3.8) is 0 Å². The van der Waals surface area contributed by atoms with Crippen molar-refractivity contribution in [1.82, 2.24) is 15.6 Å². The van der Waals surface area contributed by atoms with Crippen molar-refractivity contribution < 1.29 is 4.74 Å². The Bertz CT molecular complexity index is 812. The summed E-state index contributed by atoms with van der Waals surface area (Å²) in [6.07, 6.45) is 3.44. The fourth-order valence-corrected chi connectivity index (χ4v) is 4.17. The lowest BCUT2D eigenvalue weighted by atomic mass is 10.1. The molecule has 0 spiro atoms. The second-order valence-electron chi connectivity index (χ2n) is 8.24. The molecule has 6 nitrogen and oxygen atoms in total. The van der Waals surface area contributed by atoms with Crippen molar-refractivity contribution >= 4 is 46.4 Å². The molecule has 0 unspecified atom stereocenters. The molecular weight excluding hydrogens is 509 g/mol. The van der Waals surface area contributed by atoms with Crippen LogP contribution < -0.4 is 20.3 Å². The number of para-hydroxylation sites is 1. The van der Waals surface area contributed by atoms with Gasteiger partial charge in [0, 0.05) is 50.6 Å². The molecule has 1 saturated heterocycles. The van der Waals surface area contributed by atoms with E-state index in [-0.39, 0.29) is 29.6 Å². The van der Waals surface area contributed by atoms with Gasteiger partial charge in [0.2, 0.25) is 0 Å². The first-order chi connectivity index (χ1) is 13.9. The van der Waals surface area contributed by atoms with Gasteiger partial charge in [0.25, 0.3) is 0 Å². The number of nitrogens with one attached hydrogen (secondary N) is 2. The minimum atomic E-state index is -0.225. The van der Waals surface area contributed by atoms with Crippen LogP contribution in [0, 0.1) is 0 Å². The molecule has 8 heteroatoms. The number of anilines is 1. The molecule has 30 heavy (non-hydrogen) atoms. The molecule has 0 atom stereocenters. The van der Waals surface area contributed by atoms with Crippen LogP contribution in [0.1, 0.15) is 44.9 Å². The average molecular weight is 544 g/mol. The molecule has 1 aromatic carbocycles. The highest BCUT2D eigenvalue weighted by Crippen LogP contribution is 2.24. The standard InChI is InChI=1S/C22H33N5OS.HI/c1-22(2,3)28-19-10-6-5-9-17(19)15-25-20(23-4)24-12-11-18-16-29-21(26-18)27-13-7-8-14-27;/h5-6,9-10,16H,7-8,11-15H2,1-4H3,(H2,23,24,25);1H. The van der Waals surface area contributed by atoms with Gasteiger partial charge in [0.05, 0.1) is 5.69 Å². The van der Waals surface area contributed by atoms with Gasteiger partial charge in [-0.2, -0.15) is 0 Å². The molecule has 2 N–H and O–H groups in total. The third-order valence-electron chi connectivity index (χ3n) is 4.65. The number of hydrogen-bond donors (Lipinski definition) is 2. The number of benzene rings is 1. The second kappa shape index (κ2) is 11.7. The third kappa shape index (κ3) is 7.61. The van der Waals surface area contributed by atoms with Crippen molar-refractivity contribution in [2.45, 2.75) is 52.2 Å². The fourth-order valence-electron chi connectivity index (χ4n) is 3.25. The number of nitrogens with zero attached hydrogens (tertiary/aromatic N) is 3. The number of aromatic nitrogens is 1. The summed E-state index contributed by atoms with van der Waals surface area (Å²) in [5.41, 5.74) is 2.03. The van der Waals surface area contributed by atoms with E-state index in [0.717, 1.165) is 54.2 Å². The lowest BCUT2D eigenvalue weighted by molar-refractivity contribution is 0.129. The van der Waals surface area contributed by atoms with Crippen molar-refractivity contribution in [3.05, 3.63) is 40.9 Å². The van der Waals surface area contributed by atoms with E-state index >= 15 is 0 Å². The molecule has 0 bridgehead atoms. The van der Waals surface area contributed by atoms with E-state index in [0.29, 0.717) is 6.54 Å². The van der Waals surface area contributed by atoms with Gasteiger partial charge in [-0.1, -0.05) is 18.2 Å². The number of halogens is 1. The van der Waals surface area contributed by atoms with E-state index in [1.165, 1.54) is 12.8 Å². The Morgan fingerprint density at radius 1 is 1.20 bits per heavy atom. The summed E-state index contributed by atoms with van der Waals surface area (Å²) >= 11 is 1.75. The monoisotopic (exact) mass is 543 g/mol. The van der Waals surface area contributed by atoms with Gasteiger partial charge in [0.15, 0.2) is 11.1 Å². The SMILES string of the molecule is CN=C(NCCc1csc(N2CCCC2)n1)NCc1ccccc1OC(C)(C)C.I. The van der Waals surface area contributed by atoms with Gasteiger partial charge in [0.1, 0.15) is 11.4 Å². The molecule has 1 aromatic heterocycles. The van der Waals surface area contributed by atoms with Crippen molar-refractivity contribution in [3.8, 4) is 5.75 Å². The summed E-state index contributed by atoms with van der Waals surface area (Å²) in [7, 11) is 1.79. The van der Waals surface area contributed by atoms with E-state index in [2.05, 4.69) is 52.7 Å². The van der Waals surface area contributed by atoms with Crippen LogP contribution >= 0.6 is 35.3 Å². The van der Waals surface area contributed by atoms with Crippen molar-refractivity contribution in [1.29, 1.82) is 0 Å². The zero-order valence-corrected chi connectivity index (χ0v) is 21.5. The number of ether oxygens (including phenoxy) is 1. The summed E-state index contributed by atoms with van der Waals surface area (Å²) in [6, 6.07) is 8.12. The highest BCUT2D eigenvalue weighted by atomic mass is 127. The van der Waals surface area contributed by atoms with Crippen molar-refractivity contribution in [2.75, 3.05) is 31.6 Å². The van der Waals surface area contributed by atoms with E-state index < -0.39 is 0 Å². The largest absolute Gasteiger partial charge is 0.488 e. The molecule has 1 fully saturated rings. The van der Waals surface area contributed by atoms with Gasteiger partial charge in [-0.05, 0) is 39.7 Å². The molecule has 1 aliphatic rings. The zero-order valence-electron chi connectivity index (χ0n) is 18.4. The lowest BCUT2D eigenvalue weighted by Crippen LogP contribution is -2.38.